The summed E-state index contributed by atoms with van der Waals surface area (Å²) in [6.07, 6.45) is -0.953. The molecule has 1 aliphatic heterocycles. The molecule has 0 spiro atoms. The molecule has 1 unspecified atom stereocenters. The van der Waals surface area contributed by atoms with Crippen LogP contribution in [0.4, 0.5) is 0 Å². The number of benzene rings is 1. The summed E-state index contributed by atoms with van der Waals surface area (Å²) in [6.45, 7) is 4.76. The minimum atomic E-state index is -1.04. The fraction of sp³-hybridized carbons (Fsp3) is 0.375. The number of aliphatic carboxylic acids is 1. The lowest BCUT2D eigenvalue weighted by Crippen LogP contribution is -2.48. The van der Waals surface area contributed by atoms with Gasteiger partial charge in [-0.05, 0) is 37.1 Å². The molecule has 1 saturated heterocycles. The quantitative estimate of drug-likeness (QED) is 0.884. The monoisotopic (exact) mass is 302 g/mol. The van der Waals surface area contributed by atoms with E-state index in [1.165, 1.54) is 10.5 Å². The summed E-state index contributed by atoms with van der Waals surface area (Å²) in [4.78, 5) is 28.2. The van der Waals surface area contributed by atoms with E-state index < -0.39 is 12.1 Å². The summed E-state index contributed by atoms with van der Waals surface area (Å²) in [5.41, 5.74) is 3.70. The predicted molar refractivity (Wildman–Crippen MR) is 81.1 cm³/mol. The Labute approximate surface area is 127 Å². The number of aromatic amines is 1. The number of nitrogens with one attached hydrogen (secondary N) is 1. The number of carbonyl (C=O) groups excluding carboxylic acids is 1. The third-order valence-electron chi connectivity index (χ3n) is 4.20. The molecule has 2 N–H and O–H groups in total. The second-order valence-electron chi connectivity index (χ2n) is 5.60. The highest BCUT2D eigenvalue weighted by Crippen LogP contribution is 2.23. The van der Waals surface area contributed by atoms with E-state index in [9.17, 15) is 9.59 Å². The Kier molecular flexibility index (Phi) is 3.62. The van der Waals surface area contributed by atoms with E-state index >= 15 is 0 Å². The highest BCUT2D eigenvalue weighted by Gasteiger charge is 2.30. The largest absolute Gasteiger partial charge is 0.479 e. The number of aryl methyl sites for hydroxylation is 2. The lowest BCUT2D eigenvalue weighted by atomic mass is 10.1. The Morgan fingerprint density at radius 3 is 2.86 bits per heavy atom. The molecular formula is C16H18N2O4. The van der Waals surface area contributed by atoms with Gasteiger partial charge in [0, 0.05) is 17.4 Å². The highest BCUT2D eigenvalue weighted by molar-refractivity contribution is 5.99. The molecule has 0 aliphatic carbocycles. The third-order valence-corrected chi connectivity index (χ3v) is 4.20. The summed E-state index contributed by atoms with van der Waals surface area (Å²) in [5, 5.41) is 10.0. The fourth-order valence-electron chi connectivity index (χ4n) is 2.73. The van der Waals surface area contributed by atoms with E-state index in [4.69, 9.17) is 9.84 Å². The van der Waals surface area contributed by atoms with Gasteiger partial charge >= 0.3 is 5.97 Å². The first-order valence-electron chi connectivity index (χ1n) is 7.20. The molecule has 1 aromatic carbocycles. The van der Waals surface area contributed by atoms with Crippen LogP contribution >= 0.6 is 0 Å². The summed E-state index contributed by atoms with van der Waals surface area (Å²) in [5.74, 6) is -1.23. The molecular weight excluding hydrogens is 284 g/mol. The van der Waals surface area contributed by atoms with Crippen molar-refractivity contribution >= 4 is 22.8 Å². The van der Waals surface area contributed by atoms with E-state index in [-0.39, 0.29) is 19.1 Å². The second-order valence-corrected chi connectivity index (χ2v) is 5.60. The summed E-state index contributed by atoms with van der Waals surface area (Å²) in [7, 11) is 0. The predicted octanol–water partition coefficient (Wildman–Crippen LogP) is 1.71. The van der Waals surface area contributed by atoms with Crippen molar-refractivity contribution in [2.24, 2.45) is 0 Å². The lowest BCUT2D eigenvalue weighted by Gasteiger charge is -2.30. The van der Waals surface area contributed by atoms with E-state index in [0.29, 0.717) is 12.2 Å². The maximum Gasteiger partial charge on any atom is 0.334 e. The first-order chi connectivity index (χ1) is 10.5. The Balaban J connectivity index is 1.89. The van der Waals surface area contributed by atoms with Crippen molar-refractivity contribution in [1.82, 2.24) is 9.88 Å². The van der Waals surface area contributed by atoms with Crippen molar-refractivity contribution in [1.29, 1.82) is 0 Å². The molecule has 1 aromatic heterocycles. The van der Waals surface area contributed by atoms with Crippen molar-refractivity contribution in [3.05, 3.63) is 35.0 Å². The number of hydrogen-bond donors (Lipinski definition) is 2. The highest BCUT2D eigenvalue weighted by atomic mass is 16.5. The number of carbonyl (C=O) groups is 2. The van der Waals surface area contributed by atoms with E-state index in [1.54, 1.807) is 0 Å². The van der Waals surface area contributed by atoms with Gasteiger partial charge in [-0.1, -0.05) is 6.07 Å². The van der Waals surface area contributed by atoms with Crippen LogP contribution in [0.3, 0.4) is 0 Å². The molecule has 2 aromatic rings. The molecule has 22 heavy (non-hydrogen) atoms. The van der Waals surface area contributed by atoms with Crippen LogP contribution in [0.15, 0.2) is 18.2 Å². The van der Waals surface area contributed by atoms with Crippen molar-refractivity contribution in [3.63, 3.8) is 0 Å². The Hall–Kier alpha value is -2.34. The minimum absolute atomic E-state index is 0.0710. The van der Waals surface area contributed by atoms with Crippen molar-refractivity contribution < 1.29 is 19.4 Å². The molecule has 6 heteroatoms. The van der Waals surface area contributed by atoms with E-state index in [1.807, 2.05) is 32.0 Å². The molecule has 6 nitrogen and oxygen atoms in total. The van der Waals surface area contributed by atoms with Gasteiger partial charge in [-0.15, -0.1) is 0 Å². The van der Waals surface area contributed by atoms with Gasteiger partial charge in [0.15, 0.2) is 6.10 Å². The average Bonchev–Trinajstić information content (AvgIpc) is 2.95. The third kappa shape index (κ3) is 2.46. The van der Waals surface area contributed by atoms with Crippen LogP contribution in [0.25, 0.3) is 10.9 Å². The Morgan fingerprint density at radius 2 is 2.14 bits per heavy atom. The van der Waals surface area contributed by atoms with Crippen molar-refractivity contribution in [3.8, 4) is 0 Å². The van der Waals surface area contributed by atoms with Gasteiger partial charge in [0.1, 0.15) is 5.69 Å². The molecule has 1 atom stereocenters. The van der Waals surface area contributed by atoms with Gasteiger partial charge in [-0.2, -0.15) is 0 Å². The fourth-order valence-corrected chi connectivity index (χ4v) is 2.73. The zero-order chi connectivity index (χ0) is 15.9. The average molecular weight is 302 g/mol. The zero-order valence-electron chi connectivity index (χ0n) is 12.5. The number of carboxylic acid groups (broad SMARTS) is 1. The minimum Gasteiger partial charge on any atom is -0.479 e. The molecule has 1 fully saturated rings. The van der Waals surface area contributed by atoms with Gasteiger partial charge < -0.3 is 19.7 Å². The van der Waals surface area contributed by atoms with Crippen LogP contribution in [0.2, 0.25) is 0 Å². The van der Waals surface area contributed by atoms with Crippen molar-refractivity contribution in [2.45, 2.75) is 20.0 Å². The Bertz CT molecular complexity index is 750. The summed E-state index contributed by atoms with van der Waals surface area (Å²) in [6, 6.07) is 5.80. The second kappa shape index (κ2) is 5.46. The summed E-state index contributed by atoms with van der Waals surface area (Å²) >= 11 is 0. The number of fused-ring (bicyclic) bond motifs is 1. The lowest BCUT2D eigenvalue weighted by molar-refractivity contribution is -0.154. The number of aromatic nitrogens is 1. The maximum atomic E-state index is 12.6. The molecule has 1 aliphatic rings. The molecule has 0 radical (unpaired) electrons. The number of hydrogen-bond acceptors (Lipinski definition) is 3. The van der Waals surface area contributed by atoms with Crippen LogP contribution in [0.5, 0.6) is 0 Å². The van der Waals surface area contributed by atoms with Gasteiger partial charge in [0.25, 0.3) is 5.91 Å². The van der Waals surface area contributed by atoms with Gasteiger partial charge in [0.05, 0.1) is 13.2 Å². The summed E-state index contributed by atoms with van der Waals surface area (Å²) < 4.78 is 5.15. The number of carboxylic acids is 1. The molecule has 116 valence electrons. The number of morpholine rings is 1. The number of ether oxygens (including phenoxy) is 1. The number of nitrogens with zero attached hydrogens (tertiary/aromatic N) is 1. The molecule has 2 heterocycles. The van der Waals surface area contributed by atoms with Gasteiger partial charge in [0.2, 0.25) is 0 Å². The molecule has 0 saturated carbocycles. The van der Waals surface area contributed by atoms with Crippen LogP contribution in [0, 0.1) is 13.8 Å². The molecule has 0 bridgehead atoms. The van der Waals surface area contributed by atoms with Crippen molar-refractivity contribution in [2.75, 3.05) is 19.7 Å². The maximum absolute atomic E-state index is 12.6. The van der Waals surface area contributed by atoms with E-state index in [2.05, 4.69) is 4.98 Å². The van der Waals surface area contributed by atoms with Crippen LogP contribution in [0.1, 0.15) is 21.6 Å². The SMILES string of the molecule is Cc1ccc2[nH]c(C(=O)N3CCOC(C(=O)O)C3)cc2c1C. The zero-order valence-corrected chi connectivity index (χ0v) is 12.5. The topological polar surface area (TPSA) is 82.6 Å². The molecule has 1 amide bonds. The molecule has 3 rings (SSSR count). The van der Waals surface area contributed by atoms with Crippen LogP contribution in [-0.4, -0.2) is 52.7 Å². The Morgan fingerprint density at radius 1 is 1.36 bits per heavy atom. The smallest absolute Gasteiger partial charge is 0.334 e. The standard InChI is InChI=1S/C16H18N2O4/c1-9-3-4-12-11(10(9)2)7-13(17-12)15(19)18-5-6-22-14(8-18)16(20)21/h3-4,7,14,17H,5-6,8H2,1-2H3,(H,20,21). The normalized spacial score (nSPS) is 18.6. The number of H-pyrrole nitrogens is 1. The first-order valence-corrected chi connectivity index (χ1v) is 7.20. The van der Waals surface area contributed by atoms with Gasteiger partial charge in [-0.3, -0.25) is 4.79 Å². The number of rotatable bonds is 2. The van der Waals surface area contributed by atoms with Crippen LogP contribution in [-0.2, 0) is 9.53 Å². The first kappa shape index (κ1) is 14.6. The van der Waals surface area contributed by atoms with Crippen LogP contribution < -0.4 is 0 Å². The van der Waals surface area contributed by atoms with Gasteiger partial charge in [-0.25, -0.2) is 4.79 Å². The van der Waals surface area contributed by atoms with E-state index in [0.717, 1.165) is 16.5 Å². The number of amides is 1.